The Morgan fingerprint density at radius 3 is 2.57 bits per heavy atom. The van der Waals surface area contributed by atoms with E-state index in [1.807, 2.05) is 0 Å². The quantitative estimate of drug-likeness (QED) is 0.802. The molecule has 2 unspecified atom stereocenters. The molecule has 1 fully saturated rings. The molecular formula is C14H23ClN2O2S2. The average Bonchev–Trinajstić information content (AvgIpc) is 2.81. The highest BCUT2D eigenvalue weighted by molar-refractivity contribution is 7.91. The van der Waals surface area contributed by atoms with Crippen molar-refractivity contribution in [3.05, 3.63) is 16.5 Å². The summed E-state index contributed by atoms with van der Waals surface area (Å²) in [6.07, 6.45) is 2.13. The lowest BCUT2D eigenvalue weighted by molar-refractivity contribution is 0.140. The molecule has 120 valence electrons. The first-order valence-electron chi connectivity index (χ1n) is 7.34. The fourth-order valence-corrected chi connectivity index (χ4v) is 5.60. The van der Waals surface area contributed by atoms with E-state index in [0.29, 0.717) is 10.9 Å². The molecule has 1 aliphatic heterocycles. The lowest BCUT2D eigenvalue weighted by Crippen LogP contribution is -2.40. The average molecular weight is 351 g/mol. The van der Waals surface area contributed by atoms with Crippen LogP contribution in [0.1, 0.15) is 26.7 Å². The van der Waals surface area contributed by atoms with Crippen LogP contribution < -0.4 is 4.72 Å². The normalized spacial score (nSPS) is 24.3. The zero-order valence-corrected chi connectivity index (χ0v) is 14.9. The van der Waals surface area contributed by atoms with Crippen LogP contribution in [-0.4, -0.2) is 39.5 Å². The Bertz CT molecular complexity index is 549. The molecule has 0 amide bonds. The summed E-state index contributed by atoms with van der Waals surface area (Å²) < 4.78 is 27.5. The third-order valence-electron chi connectivity index (χ3n) is 3.70. The Labute approximate surface area is 136 Å². The minimum absolute atomic E-state index is 0.285. The van der Waals surface area contributed by atoms with Gasteiger partial charge in [-0.2, -0.15) is 0 Å². The van der Waals surface area contributed by atoms with Gasteiger partial charge in [0.05, 0.1) is 4.34 Å². The van der Waals surface area contributed by atoms with Gasteiger partial charge in [-0.05, 0) is 43.4 Å². The van der Waals surface area contributed by atoms with Gasteiger partial charge in [-0.3, -0.25) is 0 Å². The van der Waals surface area contributed by atoms with E-state index in [9.17, 15) is 8.42 Å². The van der Waals surface area contributed by atoms with Crippen LogP contribution in [0, 0.1) is 11.8 Å². The molecule has 1 N–H and O–H groups in total. The largest absolute Gasteiger partial charge is 0.303 e. The number of hydrogen-bond donors (Lipinski definition) is 1. The third kappa shape index (κ3) is 5.21. The van der Waals surface area contributed by atoms with Crippen molar-refractivity contribution >= 4 is 33.0 Å². The molecule has 2 atom stereocenters. The molecule has 7 heteroatoms. The fraction of sp³-hybridized carbons (Fsp3) is 0.714. The first-order chi connectivity index (χ1) is 9.87. The van der Waals surface area contributed by atoms with Crippen LogP contribution >= 0.6 is 22.9 Å². The van der Waals surface area contributed by atoms with Crippen LogP contribution in [0.15, 0.2) is 16.3 Å². The molecule has 21 heavy (non-hydrogen) atoms. The van der Waals surface area contributed by atoms with Gasteiger partial charge in [-0.1, -0.05) is 25.4 Å². The number of halogens is 1. The van der Waals surface area contributed by atoms with Gasteiger partial charge in [0.1, 0.15) is 4.21 Å². The predicted molar refractivity (Wildman–Crippen MR) is 88.5 cm³/mol. The maximum Gasteiger partial charge on any atom is 0.250 e. The molecule has 2 rings (SSSR count). The number of likely N-dealkylation sites (tertiary alicyclic amines) is 1. The molecule has 1 aromatic heterocycles. The molecular weight excluding hydrogens is 328 g/mol. The topological polar surface area (TPSA) is 49.4 Å². The second-order valence-electron chi connectivity index (χ2n) is 6.02. The van der Waals surface area contributed by atoms with Gasteiger partial charge < -0.3 is 4.90 Å². The van der Waals surface area contributed by atoms with Crippen molar-refractivity contribution in [1.29, 1.82) is 0 Å². The molecule has 0 spiro atoms. The number of piperidine rings is 1. The van der Waals surface area contributed by atoms with Crippen molar-refractivity contribution in [1.82, 2.24) is 9.62 Å². The lowest BCUT2D eigenvalue weighted by Gasteiger charge is -2.34. The van der Waals surface area contributed by atoms with E-state index < -0.39 is 10.0 Å². The molecule has 2 heterocycles. The van der Waals surface area contributed by atoms with Crippen molar-refractivity contribution < 1.29 is 8.42 Å². The molecule has 0 aromatic carbocycles. The van der Waals surface area contributed by atoms with E-state index in [4.69, 9.17) is 11.6 Å². The number of nitrogens with zero attached hydrogens (tertiary/aromatic N) is 1. The van der Waals surface area contributed by atoms with Crippen LogP contribution in [0.5, 0.6) is 0 Å². The molecule has 0 aliphatic carbocycles. The number of thiophene rings is 1. The SMILES string of the molecule is CC1CC(C)CN(CCCNS(=O)(=O)c2ccc(Cl)s2)C1. The smallest absolute Gasteiger partial charge is 0.250 e. The van der Waals surface area contributed by atoms with E-state index in [-0.39, 0.29) is 4.21 Å². The van der Waals surface area contributed by atoms with Gasteiger partial charge in [0.25, 0.3) is 0 Å². The third-order valence-corrected chi connectivity index (χ3v) is 6.89. The van der Waals surface area contributed by atoms with Crippen molar-refractivity contribution in [2.45, 2.75) is 30.9 Å². The van der Waals surface area contributed by atoms with Crippen LogP contribution in [0.3, 0.4) is 0 Å². The lowest BCUT2D eigenvalue weighted by atomic mass is 9.92. The number of sulfonamides is 1. The number of nitrogens with one attached hydrogen (secondary N) is 1. The van der Waals surface area contributed by atoms with Crippen molar-refractivity contribution in [2.75, 3.05) is 26.2 Å². The van der Waals surface area contributed by atoms with Crippen molar-refractivity contribution in [2.24, 2.45) is 11.8 Å². The van der Waals surface area contributed by atoms with E-state index in [2.05, 4.69) is 23.5 Å². The van der Waals surface area contributed by atoms with E-state index in [1.165, 1.54) is 6.42 Å². The minimum Gasteiger partial charge on any atom is -0.303 e. The van der Waals surface area contributed by atoms with Crippen LogP contribution in [-0.2, 0) is 10.0 Å². The van der Waals surface area contributed by atoms with Gasteiger partial charge in [-0.25, -0.2) is 13.1 Å². The van der Waals surface area contributed by atoms with Crippen LogP contribution in [0.2, 0.25) is 4.34 Å². The standard InChI is InChI=1S/C14H23ClN2O2S2/c1-11-8-12(2)10-17(9-11)7-3-6-16-21(18,19)14-5-4-13(15)20-14/h4-5,11-12,16H,3,6-10H2,1-2H3. The summed E-state index contributed by atoms with van der Waals surface area (Å²) in [4.78, 5) is 2.44. The van der Waals surface area contributed by atoms with Gasteiger partial charge in [0.15, 0.2) is 0 Å². The van der Waals surface area contributed by atoms with Crippen molar-refractivity contribution in [3.8, 4) is 0 Å². The summed E-state index contributed by atoms with van der Waals surface area (Å²) in [5.74, 6) is 1.47. The predicted octanol–water partition coefficient (Wildman–Crippen LogP) is 3.05. The van der Waals surface area contributed by atoms with E-state index in [1.54, 1.807) is 12.1 Å². The summed E-state index contributed by atoms with van der Waals surface area (Å²) in [6.45, 7) is 8.23. The van der Waals surface area contributed by atoms with Gasteiger partial charge in [0.2, 0.25) is 10.0 Å². The van der Waals surface area contributed by atoms with Gasteiger partial charge in [-0.15, -0.1) is 11.3 Å². The Hall–Kier alpha value is -0.140. The molecule has 1 aromatic rings. The molecule has 1 saturated heterocycles. The number of hydrogen-bond acceptors (Lipinski definition) is 4. The van der Waals surface area contributed by atoms with Gasteiger partial charge >= 0.3 is 0 Å². The Balaban J connectivity index is 1.74. The maximum absolute atomic E-state index is 12.0. The Morgan fingerprint density at radius 2 is 2.00 bits per heavy atom. The second kappa shape index (κ2) is 7.42. The first-order valence-corrected chi connectivity index (χ1v) is 10.0. The highest BCUT2D eigenvalue weighted by Crippen LogP contribution is 2.25. The Morgan fingerprint density at radius 1 is 1.33 bits per heavy atom. The van der Waals surface area contributed by atoms with Gasteiger partial charge in [0, 0.05) is 19.6 Å². The highest BCUT2D eigenvalue weighted by atomic mass is 35.5. The molecule has 0 saturated carbocycles. The zero-order chi connectivity index (χ0) is 15.5. The Kier molecular flexibility index (Phi) is 6.08. The summed E-state index contributed by atoms with van der Waals surface area (Å²) in [6, 6.07) is 3.15. The minimum atomic E-state index is -3.40. The molecule has 1 aliphatic rings. The number of rotatable bonds is 6. The highest BCUT2D eigenvalue weighted by Gasteiger charge is 2.21. The van der Waals surface area contributed by atoms with E-state index in [0.717, 1.165) is 49.2 Å². The van der Waals surface area contributed by atoms with Crippen LogP contribution in [0.25, 0.3) is 0 Å². The first kappa shape index (κ1) is 17.2. The fourth-order valence-electron chi connectivity index (χ4n) is 3.00. The van der Waals surface area contributed by atoms with Crippen LogP contribution in [0.4, 0.5) is 0 Å². The zero-order valence-electron chi connectivity index (χ0n) is 12.5. The maximum atomic E-state index is 12.0. The monoisotopic (exact) mass is 350 g/mol. The second-order valence-corrected chi connectivity index (χ2v) is 9.72. The molecule has 4 nitrogen and oxygen atoms in total. The molecule has 0 radical (unpaired) electrons. The summed E-state index contributed by atoms with van der Waals surface area (Å²) in [5, 5.41) is 0. The molecule has 0 bridgehead atoms. The summed E-state index contributed by atoms with van der Waals surface area (Å²) in [5.41, 5.74) is 0. The van der Waals surface area contributed by atoms with Crippen molar-refractivity contribution in [3.63, 3.8) is 0 Å². The summed E-state index contributed by atoms with van der Waals surface area (Å²) in [7, 11) is -3.40. The summed E-state index contributed by atoms with van der Waals surface area (Å²) >= 11 is 6.86. The van der Waals surface area contributed by atoms with E-state index >= 15 is 0 Å².